The van der Waals surface area contributed by atoms with E-state index in [4.69, 9.17) is 9.97 Å². The van der Waals surface area contributed by atoms with Gasteiger partial charge in [-0.3, -0.25) is 0 Å². The fraction of sp³-hybridized carbons (Fsp3) is 0.364. The SMILES string of the molecule is CN(C)CCNc1nc(-c2ccc(C(C)(C)C)cc2)nc2ccccc12.Cl. The van der Waals surface area contributed by atoms with E-state index in [0.717, 1.165) is 41.2 Å². The molecular weight excluding hydrogens is 356 g/mol. The Balaban J connectivity index is 0.00000261. The number of likely N-dealkylation sites (N-methyl/N-ethyl adjacent to an activating group) is 1. The zero-order valence-electron chi connectivity index (χ0n) is 16.8. The summed E-state index contributed by atoms with van der Waals surface area (Å²) >= 11 is 0. The Labute approximate surface area is 168 Å². The minimum atomic E-state index is 0. The van der Waals surface area contributed by atoms with Gasteiger partial charge in [0.25, 0.3) is 0 Å². The van der Waals surface area contributed by atoms with Gasteiger partial charge in [0, 0.05) is 24.0 Å². The summed E-state index contributed by atoms with van der Waals surface area (Å²) in [5.41, 5.74) is 3.46. The third-order valence-corrected chi connectivity index (χ3v) is 4.46. The normalized spacial score (nSPS) is 11.5. The van der Waals surface area contributed by atoms with Crippen LogP contribution in [0.3, 0.4) is 0 Å². The van der Waals surface area contributed by atoms with Crippen molar-refractivity contribution in [1.82, 2.24) is 14.9 Å². The lowest BCUT2D eigenvalue weighted by molar-refractivity contribution is 0.425. The minimum Gasteiger partial charge on any atom is -0.368 e. The molecule has 0 saturated carbocycles. The number of fused-ring (bicyclic) bond motifs is 1. The van der Waals surface area contributed by atoms with Crippen molar-refractivity contribution in [3.63, 3.8) is 0 Å². The van der Waals surface area contributed by atoms with Crippen molar-refractivity contribution in [2.24, 2.45) is 0 Å². The number of hydrogen-bond acceptors (Lipinski definition) is 4. The molecule has 0 aliphatic heterocycles. The van der Waals surface area contributed by atoms with Crippen molar-refractivity contribution in [1.29, 1.82) is 0 Å². The third kappa shape index (κ3) is 5.18. The molecule has 1 aromatic heterocycles. The number of rotatable bonds is 5. The van der Waals surface area contributed by atoms with E-state index >= 15 is 0 Å². The lowest BCUT2D eigenvalue weighted by Crippen LogP contribution is -2.21. The van der Waals surface area contributed by atoms with Crippen molar-refractivity contribution < 1.29 is 0 Å². The highest BCUT2D eigenvalue weighted by Crippen LogP contribution is 2.27. The average molecular weight is 385 g/mol. The van der Waals surface area contributed by atoms with E-state index in [-0.39, 0.29) is 17.8 Å². The molecule has 5 heteroatoms. The van der Waals surface area contributed by atoms with Gasteiger partial charge >= 0.3 is 0 Å². The first kappa shape index (κ1) is 21.1. The van der Waals surface area contributed by atoms with Gasteiger partial charge in [-0.25, -0.2) is 9.97 Å². The number of nitrogens with zero attached hydrogens (tertiary/aromatic N) is 3. The second-order valence-electron chi connectivity index (χ2n) is 7.97. The van der Waals surface area contributed by atoms with Crippen LogP contribution in [0.4, 0.5) is 5.82 Å². The average Bonchev–Trinajstić information content (AvgIpc) is 2.60. The second-order valence-corrected chi connectivity index (χ2v) is 7.97. The maximum Gasteiger partial charge on any atom is 0.162 e. The summed E-state index contributed by atoms with van der Waals surface area (Å²) in [6.45, 7) is 8.47. The number of aromatic nitrogens is 2. The number of para-hydroxylation sites is 1. The van der Waals surface area contributed by atoms with E-state index < -0.39 is 0 Å². The summed E-state index contributed by atoms with van der Waals surface area (Å²) in [6, 6.07) is 16.7. The molecule has 0 unspecified atom stereocenters. The van der Waals surface area contributed by atoms with E-state index in [9.17, 15) is 0 Å². The molecule has 0 atom stereocenters. The van der Waals surface area contributed by atoms with E-state index in [1.165, 1.54) is 5.56 Å². The lowest BCUT2D eigenvalue weighted by atomic mass is 9.87. The van der Waals surface area contributed by atoms with Crippen molar-refractivity contribution >= 4 is 29.1 Å². The Kier molecular flexibility index (Phi) is 6.79. The fourth-order valence-electron chi connectivity index (χ4n) is 2.86. The van der Waals surface area contributed by atoms with E-state index in [1.807, 2.05) is 18.2 Å². The first-order valence-corrected chi connectivity index (χ1v) is 9.11. The Morgan fingerprint density at radius 3 is 2.22 bits per heavy atom. The van der Waals surface area contributed by atoms with Crippen LogP contribution in [0.15, 0.2) is 48.5 Å². The molecule has 0 aliphatic carbocycles. The lowest BCUT2D eigenvalue weighted by Gasteiger charge is -2.19. The summed E-state index contributed by atoms with van der Waals surface area (Å²) in [5.74, 6) is 1.66. The number of nitrogens with one attached hydrogen (secondary N) is 1. The highest BCUT2D eigenvalue weighted by atomic mass is 35.5. The van der Waals surface area contributed by atoms with Crippen LogP contribution < -0.4 is 5.32 Å². The molecule has 27 heavy (non-hydrogen) atoms. The first-order valence-electron chi connectivity index (χ1n) is 9.11. The predicted octanol–water partition coefficient (Wildman–Crippen LogP) is 4.99. The van der Waals surface area contributed by atoms with Crippen LogP contribution in [-0.2, 0) is 5.41 Å². The van der Waals surface area contributed by atoms with Gasteiger partial charge in [-0.2, -0.15) is 0 Å². The zero-order chi connectivity index (χ0) is 18.7. The quantitative estimate of drug-likeness (QED) is 0.672. The molecule has 4 nitrogen and oxygen atoms in total. The van der Waals surface area contributed by atoms with Crippen LogP contribution in [-0.4, -0.2) is 42.1 Å². The van der Waals surface area contributed by atoms with Gasteiger partial charge in [0.15, 0.2) is 5.82 Å². The first-order chi connectivity index (χ1) is 12.3. The summed E-state index contributed by atoms with van der Waals surface area (Å²) in [4.78, 5) is 11.8. The van der Waals surface area contributed by atoms with Crippen LogP contribution in [0.5, 0.6) is 0 Å². The van der Waals surface area contributed by atoms with Crippen LogP contribution in [0, 0.1) is 0 Å². The largest absolute Gasteiger partial charge is 0.368 e. The summed E-state index contributed by atoms with van der Waals surface area (Å²) < 4.78 is 0. The van der Waals surface area contributed by atoms with Gasteiger partial charge < -0.3 is 10.2 Å². The van der Waals surface area contributed by atoms with Gasteiger partial charge in [0.2, 0.25) is 0 Å². The maximum absolute atomic E-state index is 4.82. The molecule has 0 fully saturated rings. The Hall–Kier alpha value is -2.17. The summed E-state index contributed by atoms with van der Waals surface area (Å²) in [7, 11) is 4.14. The van der Waals surface area contributed by atoms with Crippen LogP contribution in [0.25, 0.3) is 22.3 Å². The van der Waals surface area contributed by atoms with Gasteiger partial charge in [0.05, 0.1) is 5.52 Å². The molecule has 3 aromatic rings. The maximum atomic E-state index is 4.82. The molecule has 0 aliphatic rings. The zero-order valence-corrected chi connectivity index (χ0v) is 17.6. The van der Waals surface area contributed by atoms with Gasteiger partial charge in [0.1, 0.15) is 5.82 Å². The Bertz CT molecular complexity index is 883. The summed E-state index contributed by atoms with van der Waals surface area (Å²) in [5, 5.41) is 4.53. The Morgan fingerprint density at radius 2 is 1.59 bits per heavy atom. The van der Waals surface area contributed by atoms with E-state index in [2.05, 4.69) is 75.4 Å². The molecule has 0 amide bonds. The highest BCUT2D eigenvalue weighted by Gasteiger charge is 2.14. The van der Waals surface area contributed by atoms with Crippen molar-refractivity contribution in [2.45, 2.75) is 26.2 Å². The molecule has 0 bridgehead atoms. The molecule has 0 saturated heterocycles. The van der Waals surface area contributed by atoms with Crippen molar-refractivity contribution in [3.8, 4) is 11.4 Å². The van der Waals surface area contributed by atoms with Gasteiger partial charge in [-0.1, -0.05) is 57.2 Å². The molecule has 0 spiro atoms. The second kappa shape index (κ2) is 8.68. The van der Waals surface area contributed by atoms with E-state index in [0.29, 0.717) is 0 Å². The smallest absolute Gasteiger partial charge is 0.162 e. The van der Waals surface area contributed by atoms with Crippen LogP contribution in [0.1, 0.15) is 26.3 Å². The molecule has 1 N–H and O–H groups in total. The fourth-order valence-corrected chi connectivity index (χ4v) is 2.86. The minimum absolute atomic E-state index is 0. The predicted molar refractivity (Wildman–Crippen MR) is 118 cm³/mol. The molecule has 3 rings (SSSR count). The molecule has 144 valence electrons. The number of anilines is 1. The van der Waals surface area contributed by atoms with Crippen LogP contribution >= 0.6 is 12.4 Å². The van der Waals surface area contributed by atoms with Gasteiger partial charge in [-0.15, -0.1) is 12.4 Å². The summed E-state index contributed by atoms with van der Waals surface area (Å²) in [6.07, 6.45) is 0. The van der Waals surface area contributed by atoms with Crippen molar-refractivity contribution in [3.05, 3.63) is 54.1 Å². The highest BCUT2D eigenvalue weighted by molar-refractivity contribution is 5.90. The molecular formula is C22H29ClN4. The monoisotopic (exact) mass is 384 g/mol. The molecule has 2 aromatic carbocycles. The van der Waals surface area contributed by atoms with Crippen LogP contribution in [0.2, 0.25) is 0 Å². The third-order valence-electron chi connectivity index (χ3n) is 4.46. The van der Waals surface area contributed by atoms with Crippen molar-refractivity contribution in [2.75, 3.05) is 32.5 Å². The van der Waals surface area contributed by atoms with E-state index in [1.54, 1.807) is 0 Å². The topological polar surface area (TPSA) is 41.0 Å². The Morgan fingerprint density at radius 1 is 0.926 bits per heavy atom. The number of halogens is 1. The molecule has 0 radical (unpaired) electrons. The molecule has 1 heterocycles. The number of benzene rings is 2. The standard InChI is InChI=1S/C22H28N4.ClH/c1-22(2,3)17-12-10-16(11-13-17)20-24-19-9-7-6-8-18(19)21(25-20)23-14-15-26(4)5;/h6-13H,14-15H2,1-5H3,(H,23,24,25);1H. The number of hydrogen-bond donors (Lipinski definition) is 1. The van der Waals surface area contributed by atoms with Gasteiger partial charge in [-0.05, 0) is 37.2 Å².